The van der Waals surface area contributed by atoms with E-state index in [4.69, 9.17) is 11.5 Å². The lowest BCUT2D eigenvalue weighted by atomic mass is 10.2. The molecule has 1 unspecified atom stereocenters. The Labute approximate surface area is 103 Å². The fraction of sp³-hybridized carbons (Fsp3) is 0.400. The van der Waals surface area contributed by atoms with E-state index in [-0.39, 0.29) is 6.04 Å². The van der Waals surface area contributed by atoms with Gasteiger partial charge in [0.25, 0.3) is 0 Å². The van der Waals surface area contributed by atoms with E-state index in [1.807, 2.05) is 5.38 Å². The molecular weight excluding hydrogens is 236 g/mol. The Morgan fingerprint density at radius 3 is 2.76 bits per heavy atom. The predicted molar refractivity (Wildman–Crippen MR) is 65.3 cm³/mol. The van der Waals surface area contributed by atoms with E-state index in [1.54, 1.807) is 11.3 Å². The molecule has 6 nitrogen and oxygen atoms in total. The van der Waals surface area contributed by atoms with Crippen molar-refractivity contribution in [2.75, 3.05) is 6.54 Å². The third kappa shape index (κ3) is 3.26. The number of hydrogen-bond acceptors (Lipinski definition) is 7. The molecule has 2 aromatic rings. The van der Waals surface area contributed by atoms with Crippen molar-refractivity contribution in [3.05, 3.63) is 34.6 Å². The minimum atomic E-state index is -0.172. The molecule has 17 heavy (non-hydrogen) atoms. The maximum Gasteiger partial charge on any atom is 0.133 e. The Balaban J connectivity index is 2.01. The van der Waals surface area contributed by atoms with E-state index >= 15 is 0 Å². The van der Waals surface area contributed by atoms with Gasteiger partial charge in [-0.25, -0.2) is 19.9 Å². The second kappa shape index (κ2) is 5.76. The Morgan fingerprint density at radius 1 is 1.29 bits per heavy atom. The van der Waals surface area contributed by atoms with Crippen LogP contribution in [0.25, 0.3) is 0 Å². The van der Waals surface area contributed by atoms with Crippen molar-refractivity contribution in [1.82, 2.24) is 19.9 Å². The average molecular weight is 250 g/mol. The summed E-state index contributed by atoms with van der Waals surface area (Å²) in [5, 5.41) is 2.89. The molecule has 90 valence electrons. The molecule has 1 atom stereocenters. The van der Waals surface area contributed by atoms with E-state index in [0.29, 0.717) is 18.8 Å². The molecule has 2 aromatic heterocycles. The highest BCUT2D eigenvalue weighted by atomic mass is 32.1. The van der Waals surface area contributed by atoms with Crippen LogP contribution in [-0.2, 0) is 12.8 Å². The highest BCUT2D eigenvalue weighted by molar-refractivity contribution is 7.09. The van der Waals surface area contributed by atoms with Gasteiger partial charge in [-0.15, -0.1) is 11.3 Å². The lowest BCUT2D eigenvalue weighted by Gasteiger charge is -2.06. The van der Waals surface area contributed by atoms with Crippen LogP contribution in [0.3, 0.4) is 0 Å². The molecule has 0 amide bonds. The van der Waals surface area contributed by atoms with Gasteiger partial charge in [-0.05, 0) is 6.54 Å². The molecule has 0 bridgehead atoms. The van der Waals surface area contributed by atoms with Crippen LogP contribution in [0.1, 0.15) is 22.6 Å². The lowest BCUT2D eigenvalue weighted by molar-refractivity contribution is 0.673. The van der Waals surface area contributed by atoms with Crippen LogP contribution in [-0.4, -0.2) is 26.5 Å². The highest BCUT2D eigenvalue weighted by Gasteiger charge is 2.12. The fourth-order valence-electron chi connectivity index (χ4n) is 1.41. The van der Waals surface area contributed by atoms with Crippen molar-refractivity contribution in [2.24, 2.45) is 11.5 Å². The monoisotopic (exact) mass is 250 g/mol. The fourth-order valence-corrected chi connectivity index (χ4v) is 2.26. The SMILES string of the molecule is NCCc1csc(C(N)Cc2ncncn2)n1. The topological polar surface area (TPSA) is 104 Å². The maximum absolute atomic E-state index is 6.05. The van der Waals surface area contributed by atoms with Crippen LogP contribution in [0.5, 0.6) is 0 Å². The first-order chi connectivity index (χ1) is 8.29. The second-order valence-electron chi connectivity index (χ2n) is 3.58. The minimum Gasteiger partial charge on any atom is -0.330 e. The molecule has 0 aliphatic carbocycles. The van der Waals surface area contributed by atoms with Crippen LogP contribution in [0.2, 0.25) is 0 Å². The first kappa shape index (κ1) is 12.0. The summed E-state index contributed by atoms with van der Waals surface area (Å²) in [5.74, 6) is 0.683. The first-order valence-corrected chi connectivity index (χ1v) is 6.18. The molecule has 2 rings (SSSR count). The number of thiazole rings is 1. The molecule has 0 saturated carbocycles. The summed E-state index contributed by atoms with van der Waals surface area (Å²) in [5.41, 5.74) is 12.5. The van der Waals surface area contributed by atoms with Gasteiger partial charge in [0.15, 0.2) is 0 Å². The van der Waals surface area contributed by atoms with Crippen molar-refractivity contribution in [3.8, 4) is 0 Å². The van der Waals surface area contributed by atoms with Crippen molar-refractivity contribution in [2.45, 2.75) is 18.9 Å². The van der Waals surface area contributed by atoms with Crippen molar-refractivity contribution in [1.29, 1.82) is 0 Å². The summed E-state index contributed by atoms with van der Waals surface area (Å²) in [6.45, 7) is 0.603. The normalized spacial score (nSPS) is 12.6. The van der Waals surface area contributed by atoms with E-state index in [1.165, 1.54) is 12.7 Å². The maximum atomic E-state index is 6.05. The van der Waals surface area contributed by atoms with Crippen LogP contribution < -0.4 is 11.5 Å². The van der Waals surface area contributed by atoms with Crippen molar-refractivity contribution < 1.29 is 0 Å². The van der Waals surface area contributed by atoms with E-state index in [9.17, 15) is 0 Å². The summed E-state index contributed by atoms with van der Waals surface area (Å²) >= 11 is 1.55. The van der Waals surface area contributed by atoms with Crippen molar-refractivity contribution >= 4 is 11.3 Å². The molecule has 0 radical (unpaired) electrons. The van der Waals surface area contributed by atoms with Crippen LogP contribution in [0.15, 0.2) is 18.0 Å². The minimum absolute atomic E-state index is 0.172. The van der Waals surface area contributed by atoms with E-state index in [0.717, 1.165) is 17.1 Å². The molecule has 0 fully saturated rings. The smallest absolute Gasteiger partial charge is 0.133 e. The quantitative estimate of drug-likeness (QED) is 0.778. The predicted octanol–water partition coefficient (Wildman–Crippen LogP) is 0.0718. The van der Waals surface area contributed by atoms with Gasteiger partial charge in [0, 0.05) is 18.2 Å². The third-order valence-corrected chi connectivity index (χ3v) is 3.26. The second-order valence-corrected chi connectivity index (χ2v) is 4.47. The van der Waals surface area contributed by atoms with Gasteiger partial charge in [-0.1, -0.05) is 0 Å². The van der Waals surface area contributed by atoms with E-state index in [2.05, 4.69) is 19.9 Å². The van der Waals surface area contributed by atoms with Gasteiger partial charge in [-0.2, -0.15) is 0 Å². The largest absolute Gasteiger partial charge is 0.330 e. The lowest BCUT2D eigenvalue weighted by Crippen LogP contribution is -2.15. The van der Waals surface area contributed by atoms with Crippen molar-refractivity contribution in [3.63, 3.8) is 0 Å². The zero-order chi connectivity index (χ0) is 12.1. The zero-order valence-corrected chi connectivity index (χ0v) is 10.1. The van der Waals surface area contributed by atoms with Crippen LogP contribution >= 0.6 is 11.3 Å². The third-order valence-electron chi connectivity index (χ3n) is 2.24. The van der Waals surface area contributed by atoms with Crippen LogP contribution in [0, 0.1) is 0 Å². The van der Waals surface area contributed by atoms with E-state index < -0.39 is 0 Å². The summed E-state index contributed by atoms with van der Waals surface area (Å²) < 4.78 is 0. The zero-order valence-electron chi connectivity index (χ0n) is 9.28. The Kier molecular flexibility index (Phi) is 4.08. The number of hydrogen-bond donors (Lipinski definition) is 2. The number of rotatable bonds is 5. The summed E-state index contributed by atoms with van der Waals surface area (Å²) in [7, 11) is 0. The highest BCUT2D eigenvalue weighted by Crippen LogP contribution is 2.18. The van der Waals surface area contributed by atoms with Gasteiger partial charge in [-0.3, -0.25) is 0 Å². The summed E-state index contributed by atoms with van der Waals surface area (Å²) in [6.07, 6.45) is 4.29. The van der Waals surface area contributed by atoms with Crippen LogP contribution in [0.4, 0.5) is 0 Å². The number of aromatic nitrogens is 4. The van der Waals surface area contributed by atoms with Gasteiger partial charge in [0.2, 0.25) is 0 Å². The average Bonchev–Trinajstić information content (AvgIpc) is 2.79. The summed E-state index contributed by atoms with van der Waals surface area (Å²) in [4.78, 5) is 16.3. The molecule has 7 heteroatoms. The molecular formula is C10H14N6S. The molecule has 2 heterocycles. The van der Waals surface area contributed by atoms with Gasteiger partial charge < -0.3 is 11.5 Å². The summed E-state index contributed by atoms with van der Waals surface area (Å²) in [6, 6.07) is -0.172. The van der Waals surface area contributed by atoms with Gasteiger partial charge in [0.05, 0.1) is 11.7 Å². The first-order valence-electron chi connectivity index (χ1n) is 5.30. The molecule has 4 N–H and O–H groups in total. The molecule has 0 spiro atoms. The molecule has 0 aliphatic heterocycles. The standard InChI is InChI=1S/C10H14N6S/c11-2-1-7-4-17-10(16-7)8(12)3-9-14-5-13-6-15-9/h4-6,8H,1-3,11-12H2. The molecule has 0 saturated heterocycles. The Hall–Kier alpha value is -1.44. The van der Waals surface area contributed by atoms with Gasteiger partial charge in [0.1, 0.15) is 23.5 Å². The Morgan fingerprint density at radius 2 is 2.06 bits per heavy atom. The van der Waals surface area contributed by atoms with Gasteiger partial charge >= 0.3 is 0 Å². The molecule has 0 aromatic carbocycles. The molecule has 0 aliphatic rings. The Bertz CT molecular complexity index is 457. The number of nitrogens with two attached hydrogens (primary N) is 2. The number of nitrogens with zero attached hydrogens (tertiary/aromatic N) is 4.